The second-order valence-electron chi connectivity index (χ2n) is 2.38. The van der Waals surface area contributed by atoms with Crippen LogP contribution in [0.2, 0.25) is 0 Å². The van der Waals surface area contributed by atoms with Gasteiger partial charge in [-0.2, -0.15) is 0 Å². The fourth-order valence-corrected chi connectivity index (χ4v) is 2.33. The smallest absolute Gasteiger partial charge is 0.337 e. The average molecular weight is 310 g/mol. The number of aliphatic hydroxyl groups excluding tert-OH is 1. The van der Waals surface area contributed by atoms with Crippen LogP contribution in [0.4, 0.5) is 0 Å². The van der Waals surface area contributed by atoms with E-state index in [9.17, 15) is 9.90 Å². The molecule has 1 rings (SSSR count). The van der Waals surface area contributed by atoms with E-state index in [1.54, 1.807) is 18.2 Å². The van der Waals surface area contributed by atoms with Gasteiger partial charge in [0, 0.05) is 14.5 Å². The molecule has 1 atom stereocenters. The summed E-state index contributed by atoms with van der Waals surface area (Å²) >= 11 is 6.33. The summed E-state index contributed by atoms with van der Waals surface area (Å²) in [5, 5.41) is 17.9. The maximum atomic E-state index is 10.5. The quantitative estimate of drug-likeness (QED) is 0.881. The van der Waals surface area contributed by atoms with Gasteiger partial charge in [-0.05, 0) is 12.1 Å². The molecule has 2 N–H and O–H groups in total. The predicted octanol–water partition coefficient (Wildman–Crippen LogP) is 2.33. The van der Waals surface area contributed by atoms with Crippen molar-refractivity contribution in [3.63, 3.8) is 0 Å². The largest absolute Gasteiger partial charge is 0.479 e. The highest BCUT2D eigenvalue weighted by Crippen LogP contribution is 2.30. The van der Waals surface area contributed by atoms with Crippen LogP contribution < -0.4 is 0 Å². The number of carboxylic acids is 1. The van der Waals surface area contributed by atoms with Crippen LogP contribution in [0.3, 0.4) is 0 Å². The Hall–Kier alpha value is -0.390. The molecule has 0 aliphatic heterocycles. The molecule has 0 bridgehead atoms. The Labute approximate surface area is 91.6 Å². The van der Waals surface area contributed by atoms with E-state index in [1.165, 1.54) is 0 Å². The predicted molar refractivity (Wildman–Crippen MR) is 54.4 cm³/mol. The van der Waals surface area contributed by atoms with Crippen molar-refractivity contribution >= 4 is 37.8 Å². The van der Waals surface area contributed by atoms with E-state index >= 15 is 0 Å². The molecule has 0 aliphatic rings. The van der Waals surface area contributed by atoms with Gasteiger partial charge >= 0.3 is 5.97 Å². The molecule has 3 nitrogen and oxygen atoms in total. The maximum Gasteiger partial charge on any atom is 0.337 e. The lowest BCUT2D eigenvalue weighted by atomic mass is 10.1. The molecule has 0 saturated carbocycles. The first kappa shape index (κ1) is 10.7. The van der Waals surface area contributed by atoms with E-state index < -0.39 is 12.1 Å². The average Bonchev–Trinajstić information content (AvgIpc) is 2.03. The molecule has 5 heteroatoms. The summed E-state index contributed by atoms with van der Waals surface area (Å²) in [6.07, 6.45) is -1.51. The Morgan fingerprint density at radius 1 is 1.31 bits per heavy atom. The fourth-order valence-electron chi connectivity index (χ4n) is 0.895. The van der Waals surface area contributed by atoms with E-state index in [0.717, 1.165) is 0 Å². The van der Waals surface area contributed by atoms with Crippen molar-refractivity contribution in [2.24, 2.45) is 0 Å². The molecular formula is C8H6Br2O3. The first-order valence-corrected chi connectivity index (χ1v) is 4.97. The van der Waals surface area contributed by atoms with Crippen LogP contribution in [-0.2, 0) is 4.79 Å². The molecule has 0 saturated heterocycles. The van der Waals surface area contributed by atoms with Gasteiger partial charge in [0.15, 0.2) is 6.10 Å². The van der Waals surface area contributed by atoms with Gasteiger partial charge in [-0.15, -0.1) is 0 Å². The van der Waals surface area contributed by atoms with Gasteiger partial charge in [-0.3, -0.25) is 0 Å². The third kappa shape index (κ3) is 2.30. The van der Waals surface area contributed by atoms with Crippen LogP contribution in [0, 0.1) is 0 Å². The molecule has 70 valence electrons. The Morgan fingerprint density at radius 2 is 1.77 bits per heavy atom. The molecule has 0 aliphatic carbocycles. The molecule has 13 heavy (non-hydrogen) atoms. The van der Waals surface area contributed by atoms with Crippen LogP contribution >= 0.6 is 31.9 Å². The summed E-state index contributed by atoms with van der Waals surface area (Å²) in [5.74, 6) is -1.27. The zero-order valence-corrected chi connectivity index (χ0v) is 9.54. The number of halogens is 2. The van der Waals surface area contributed by atoms with E-state index in [2.05, 4.69) is 31.9 Å². The number of carboxylic acid groups (broad SMARTS) is 1. The Morgan fingerprint density at radius 3 is 2.15 bits per heavy atom. The third-order valence-corrected chi connectivity index (χ3v) is 2.89. The normalized spacial score (nSPS) is 12.5. The van der Waals surface area contributed by atoms with E-state index in [4.69, 9.17) is 5.11 Å². The first-order chi connectivity index (χ1) is 6.04. The summed E-state index contributed by atoms with van der Waals surface area (Å²) < 4.78 is 1.13. The highest BCUT2D eigenvalue weighted by molar-refractivity contribution is 9.11. The maximum absolute atomic E-state index is 10.5. The summed E-state index contributed by atoms with van der Waals surface area (Å²) in [6, 6.07) is 5.09. The van der Waals surface area contributed by atoms with Crippen LogP contribution in [0.1, 0.15) is 11.7 Å². The molecule has 0 radical (unpaired) electrons. The van der Waals surface area contributed by atoms with Crippen molar-refractivity contribution in [1.29, 1.82) is 0 Å². The second kappa shape index (κ2) is 4.21. The topological polar surface area (TPSA) is 57.5 Å². The Balaban J connectivity index is 3.20. The summed E-state index contributed by atoms with van der Waals surface area (Å²) in [5.41, 5.74) is 0.329. The van der Waals surface area contributed by atoms with Gasteiger partial charge in [0.25, 0.3) is 0 Å². The number of hydrogen-bond donors (Lipinski definition) is 2. The van der Waals surface area contributed by atoms with Gasteiger partial charge in [-0.25, -0.2) is 4.79 Å². The van der Waals surface area contributed by atoms with Crippen molar-refractivity contribution in [1.82, 2.24) is 0 Å². The van der Waals surface area contributed by atoms with Crippen molar-refractivity contribution in [2.75, 3.05) is 0 Å². The van der Waals surface area contributed by atoms with Crippen LogP contribution in [0.5, 0.6) is 0 Å². The lowest BCUT2D eigenvalue weighted by Gasteiger charge is -2.09. The lowest BCUT2D eigenvalue weighted by molar-refractivity contribution is -0.147. The van der Waals surface area contributed by atoms with Crippen LogP contribution in [0.15, 0.2) is 27.1 Å². The Kier molecular flexibility index (Phi) is 3.47. The number of aliphatic hydroxyl groups is 1. The van der Waals surface area contributed by atoms with E-state index in [1.807, 2.05) is 0 Å². The van der Waals surface area contributed by atoms with Gasteiger partial charge in [0.1, 0.15) is 0 Å². The monoisotopic (exact) mass is 308 g/mol. The van der Waals surface area contributed by atoms with Gasteiger partial charge in [-0.1, -0.05) is 37.9 Å². The summed E-state index contributed by atoms with van der Waals surface area (Å²) in [7, 11) is 0. The zero-order valence-electron chi connectivity index (χ0n) is 6.37. The second-order valence-corrected chi connectivity index (χ2v) is 4.08. The molecular weight excluding hydrogens is 304 g/mol. The minimum atomic E-state index is -1.51. The number of hydrogen-bond acceptors (Lipinski definition) is 2. The number of benzene rings is 1. The molecule has 1 aromatic carbocycles. The van der Waals surface area contributed by atoms with Gasteiger partial charge < -0.3 is 10.2 Å². The van der Waals surface area contributed by atoms with Crippen LogP contribution in [0.25, 0.3) is 0 Å². The standard InChI is InChI=1S/C8H6Br2O3/c9-4-2-1-3-5(10)6(4)7(11)8(12)13/h1-3,7,11H,(H,12,13)/t7-/m0/s1. The van der Waals surface area contributed by atoms with Crippen molar-refractivity contribution in [2.45, 2.75) is 6.10 Å². The first-order valence-electron chi connectivity index (χ1n) is 3.39. The summed E-state index contributed by atoms with van der Waals surface area (Å²) in [6.45, 7) is 0. The number of carbonyl (C=O) groups is 1. The molecule has 0 amide bonds. The van der Waals surface area contributed by atoms with E-state index in [0.29, 0.717) is 14.5 Å². The van der Waals surface area contributed by atoms with E-state index in [-0.39, 0.29) is 0 Å². The molecule has 0 unspecified atom stereocenters. The number of aliphatic carboxylic acids is 1. The van der Waals surface area contributed by atoms with Crippen molar-refractivity contribution in [3.8, 4) is 0 Å². The minimum Gasteiger partial charge on any atom is -0.479 e. The van der Waals surface area contributed by atoms with Crippen molar-refractivity contribution in [3.05, 3.63) is 32.7 Å². The lowest BCUT2D eigenvalue weighted by Crippen LogP contribution is -2.11. The molecule has 0 aromatic heterocycles. The number of rotatable bonds is 2. The SMILES string of the molecule is O=C(O)[C@@H](O)c1c(Br)cccc1Br. The minimum absolute atomic E-state index is 0.329. The molecule has 1 aromatic rings. The van der Waals surface area contributed by atoms with Crippen molar-refractivity contribution < 1.29 is 15.0 Å². The molecule has 0 spiro atoms. The highest BCUT2D eigenvalue weighted by atomic mass is 79.9. The van der Waals surface area contributed by atoms with Gasteiger partial charge in [0.05, 0.1) is 0 Å². The fraction of sp³-hybridized carbons (Fsp3) is 0.125. The van der Waals surface area contributed by atoms with Gasteiger partial charge in [0.2, 0.25) is 0 Å². The third-order valence-electron chi connectivity index (χ3n) is 1.51. The summed E-state index contributed by atoms with van der Waals surface area (Å²) in [4.78, 5) is 10.5. The molecule has 0 fully saturated rings. The highest BCUT2D eigenvalue weighted by Gasteiger charge is 2.20. The van der Waals surface area contributed by atoms with Crippen LogP contribution in [-0.4, -0.2) is 16.2 Å². The Bertz CT molecular complexity index is 318. The molecule has 0 heterocycles. The zero-order chi connectivity index (χ0) is 10.0.